The molecule has 0 saturated carbocycles. The number of aromatic amines is 1. The second-order valence-electron chi connectivity index (χ2n) is 2.88. The molecule has 0 unspecified atom stereocenters. The molecule has 0 aliphatic carbocycles. The van der Waals surface area contributed by atoms with Gasteiger partial charge in [0.05, 0.1) is 18.3 Å². The molecule has 1 N–H and O–H groups in total. The average Bonchev–Trinajstić information content (AvgIpc) is 2.87. The van der Waals surface area contributed by atoms with E-state index in [1.165, 1.54) is 12.1 Å². The monoisotopic (exact) mass is 290 g/mol. The molecule has 96 valence electrons. The van der Waals surface area contributed by atoms with Crippen molar-refractivity contribution in [1.82, 2.24) is 9.97 Å². The molecule has 2 aromatic rings. The number of hydrogen-bond donors (Lipinski definition) is 1. The van der Waals surface area contributed by atoms with Crippen LogP contribution >= 0.6 is 0 Å². The maximum Gasteiger partial charge on any atom is 2.00 e. The van der Waals surface area contributed by atoms with Crippen LogP contribution in [0.1, 0.15) is 20.7 Å². The first-order valence-corrected chi connectivity index (χ1v) is 4.57. The van der Waals surface area contributed by atoms with E-state index in [1.54, 1.807) is 18.7 Å². The summed E-state index contributed by atoms with van der Waals surface area (Å²) in [4.78, 5) is 27.1. The van der Waals surface area contributed by atoms with E-state index >= 15 is 0 Å². The van der Waals surface area contributed by atoms with Gasteiger partial charge in [0.25, 0.3) is 0 Å². The summed E-state index contributed by atoms with van der Waals surface area (Å²) in [6.45, 7) is 0. The van der Waals surface area contributed by atoms with Crippen molar-refractivity contribution >= 4 is 11.9 Å². The molecule has 0 saturated heterocycles. The summed E-state index contributed by atoms with van der Waals surface area (Å²) < 4.78 is 0. The zero-order chi connectivity index (χ0) is 12.7. The first kappa shape index (κ1) is 15.9. The van der Waals surface area contributed by atoms with E-state index in [4.69, 9.17) is 0 Å². The van der Waals surface area contributed by atoms with Gasteiger partial charge in [-0.2, -0.15) is 0 Å². The van der Waals surface area contributed by atoms with E-state index in [2.05, 4.69) is 9.97 Å². The molecule has 0 radical (unpaired) electrons. The van der Waals surface area contributed by atoms with E-state index in [0.717, 1.165) is 12.1 Å². The predicted octanol–water partition coefficient (Wildman–Crippen LogP) is -1.18. The van der Waals surface area contributed by atoms with Gasteiger partial charge in [-0.05, 0) is 0 Å². The fourth-order valence-corrected chi connectivity index (χ4v) is 1.05. The topological polar surface area (TPSA) is 109 Å². The van der Waals surface area contributed by atoms with Gasteiger partial charge in [0.2, 0.25) is 0 Å². The fraction of sp³-hybridized carbons (Fsp3) is 0. The van der Waals surface area contributed by atoms with Crippen LogP contribution in [0.25, 0.3) is 0 Å². The SMILES string of the molecule is O=C([O-])c1ccccc1C(=O)[O-].[Ni+2].c1c[nH]cn1. The minimum absolute atomic E-state index is 0. The molecule has 0 spiro atoms. The Morgan fingerprint density at radius 2 is 1.56 bits per heavy atom. The van der Waals surface area contributed by atoms with Crippen LogP contribution < -0.4 is 10.2 Å². The Kier molecular flexibility index (Phi) is 7.08. The Bertz CT molecular complexity index is 449. The number of carboxylic acids is 2. The number of hydrogen-bond acceptors (Lipinski definition) is 5. The first-order chi connectivity index (χ1) is 8.13. The van der Waals surface area contributed by atoms with Crippen LogP contribution in [-0.4, -0.2) is 21.9 Å². The minimum atomic E-state index is -1.52. The molecule has 1 aromatic carbocycles. The number of imidazole rings is 1. The van der Waals surface area contributed by atoms with Crippen LogP contribution in [0.15, 0.2) is 43.0 Å². The minimum Gasteiger partial charge on any atom is -0.545 e. The van der Waals surface area contributed by atoms with Gasteiger partial charge in [-0.3, -0.25) is 0 Å². The first-order valence-electron chi connectivity index (χ1n) is 4.57. The summed E-state index contributed by atoms with van der Waals surface area (Å²) in [7, 11) is 0. The normalized spacial score (nSPS) is 8.44. The molecule has 1 heterocycles. The van der Waals surface area contributed by atoms with E-state index in [1.807, 2.05) is 0 Å². The number of H-pyrrole nitrogens is 1. The number of aromatic nitrogens is 2. The third-order valence-corrected chi connectivity index (χ3v) is 1.77. The molecule has 0 fully saturated rings. The standard InChI is InChI=1S/C8H6O4.C3H4N2.Ni/c9-7(10)5-3-1-2-4-6(5)8(11)12;1-2-5-3-4-1;/h1-4H,(H,9,10)(H,11,12);1-3H,(H,4,5);/q;;+2/p-2. The number of carbonyl (C=O) groups is 2. The number of carbonyl (C=O) groups excluding carboxylic acids is 2. The zero-order valence-electron chi connectivity index (χ0n) is 8.94. The smallest absolute Gasteiger partial charge is 0.545 e. The van der Waals surface area contributed by atoms with E-state index in [0.29, 0.717) is 0 Å². The maximum absolute atomic E-state index is 10.3. The molecular formula is C11H8N2NiO4. The summed E-state index contributed by atoms with van der Waals surface area (Å²) in [5, 5.41) is 20.6. The molecule has 1 aromatic heterocycles. The number of carboxylic acid groups (broad SMARTS) is 2. The van der Waals surface area contributed by atoms with Gasteiger partial charge in [0, 0.05) is 23.5 Å². The van der Waals surface area contributed by atoms with Gasteiger partial charge < -0.3 is 24.8 Å². The molecule has 0 bridgehead atoms. The van der Waals surface area contributed by atoms with Crippen LogP contribution in [0.5, 0.6) is 0 Å². The van der Waals surface area contributed by atoms with Crippen molar-refractivity contribution in [3.63, 3.8) is 0 Å². The Morgan fingerprint density at radius 3 is 1.78 bits per heavy atom. The Hall–Kier alpha value is -2.14. The molecule has 0 amide bonds. The summed E-state index contributed by atoms with van der Waals surface area (Å²) in [5.41, 5.74) is -0.727. The van der Waals surface area contributed by atoms with Gasteiger partial charge in [-0.1, -0.05) is 24.3 Å². The van der Waals surface area contributed by atoms with Gasteiger partial charge in [-0.25, -0.2) is 4.98 Å². The van der Waals surface area contributed by atoms with Crippen molar-refractivity contribution in [1.29, 1.82) is 0 Å². The predicted molar refractivity (Wildman–Crippen MR) is 53.7 cm³/mol. The largest absolute Gasteiger partial charge is 2.00 e. The van der Waals surface area contributed by atoms with Crippen molar-refractivity contribution in [3.8, 4) is 0 Å². The van der Waals surface area contributed by atoms with E-state index < -0.39 is 11.9 Å². The maximum atomic E-state index is 10.3. The van der Waals surface area contributed by atoms with Crippen LogP contribution in [0.3, 0.4) is 0 Å². The van der Waals surface area contributed by atoms with Crippen molar-refractivity contribution in [3.05, 3.63) is 54.1 Å². The van der Waals surface area contributed by atoms with Gasteiger partial charge in [0.15, 0.2) is 0 Å². The van der Waals surface area contributed by atoms with Crippen LogP contribution in [0.4, 0.5) is 0 Å². The molecule has 6 nitrogen and oxygen atoms in total. The van der Waals surface area contributed by atoms with Crippen molar-refractivity contribution in [2.45, 2.75) is 0 Å². The zero-order valence-corrected chi connectivity index (χ0v) is 9.93. The molecule has 0 aliphatic rings. The third kappa shape index (κ3) is 4.80. The van der Waals surface area contributed by atoms with E-state index in [9.17, 15) is 19.8 Å². The van der Waals surface area contributed by atoms with Gasteiger partial charge in [-0.15, -0.1) is 0 Å². The molecule has 7 heteroatoms. The van der Waals surface area contributed by atoms with E-state index in [-0.39, 0.29) is 27.6 Å². The molecular weight excluding hydrogens is 283 g/mol. The second kappa shape index (κ2) is 8.03. The number of nitrogens with zero attached hydrogens (tertiary/aromatic N) is 1. The van der Waals surface area contributed by atoms with Crippen molar-refractivity contribution < 1.29 is 36.3 Å². The number of aromatic carboxylic acids is 2. The Morgan fingerprint density at radius 1 is 1.06 bits per heavy atom. The third-order valence-electron chi connectivity index (χ3n) is 1.77. The average molecular weight is 291 g/mol. The summed E-state index contributed by atoms with van der Waals surface area (Å²) in [6, 6.07) is 5.14. The van der Waals surface area contributed by atoms with Gasteiger partial charge in [0.1, 0.15) is 0 Å². The summed E-state index contributed by atoms with van der Waals surface area (Å²) >= 11 is 0. The van der Waals surface area contributed by atoms with Crippen LogP contribution in [-0.2, 0) is 16.5 Å². The van der Waals surface area contributed by atoms with Crippen LogP contribution in [0.2, 0.25) is 0 Å². The number of nitrogens with one attached hydrogen (secondary N) is 1. The summed E-state index contributed by atoms with van der Waals surface area (Å²) in [6.07, 6.45) is 5.08. The van der Waals surface area contributed by atoms with Crippen molar-refractivity contribution in [2.24, 2.45) is 0 Å². The molecule has 2 rings (SSSR count). The van der Waals surface area contributed by atoms with Gasteiger partial charge >= 0.3 is 16.5 Å². The Balaban J connectivity index is 0.000000405. The van der Waals surface area contributed by atoms with Crippen molar-refractivity contribution in [2.75, 3.05) is 0 Å². The number of benzene rings is 1. The fourth-order valence-electron chi connectivity index (χ4n) is 1.05. The summed E-state index contributed by atoms with van der Waals surface area (Å²) in [5.74, 6) is -3.04. The van der Waals surface area contributed by atoms with Crippen LogP contribution in [0, 0.1) is 0 Å². The molecule has 0 aliphatic heterocycles. The number of rotatable bonds is 2. The molecule has 0 atom stereocenters. The second-order valence-corrected chi connectivity index (χ2v) is 2.88. The quantitative estimate of drug-likeness (QED) is 0.700. The Labute approximate surface area is 113 Å². The molecule has 18 heavy (non-hydrogen) atoms.